The van der Waals surface area contributed by atoms with Crippen LogP contribution in [0.2, 0.25) is 0 Å². The molecule has 0 aliphatic heterocycles. The van der Waals surface area contributed by atoms with Gasteiger partial charge in [0.1, 0.15) is 12.3 Å². The maximum Gasteiger partial charge on any atom is 0.244 e. The number of nitrogens with zero attached hydrogens (tertiary/aromatic N) is 2. The van der Waals surface area contributed by atoms with Crippen LogP contribution in [0.5, 0.6) is 5.75 Å². The zero-order valence-electron chi connectivity index (χ0n) is 13.7. The van der Waals surface area contributed by atoms with Gasteiger partial charge in [-0.3, -0.25) is 14.5 Å². The molecule has 0 radical (unpaired) electrons. The largest absolute Gasteiger partial charge is 0.494 e. The minimum absolute atomic E-state index is 0.0762. The number of nitrogens with one attached hydrogen (secondary N) is 2. The molecular formula is C18H18N4O2S. The molecule has 128 valence electrons. The highest BCUT2D eigenvalue weighted by Gasteiger charge is 2.12. The number of para-hydroxylation sites is 1. The molecule has 0 saturated carbocycles. The van der Waals surface area contributed by atoms with Gasteiger partial charge >= 0.3 is 0 Å². The van der Waals surface area contributed by atoms with Crippen molar-refractivity contribution in [2.75, 3.05) is 11.9 Å². The second kappa shape index (κ2) is 7.76. The normalized spacial score (nSPS) is 10.4. The summed E-state index contributed by atoms with van der Waals surface area (Å²) in [5.74, 6) is 1.22. The van der Waals surface area contributed by atoms with Crippen molar-refractivity contribution in [1.82, 2.24) is 14.8 Å². The van der Waals surface area contributed by atoms with E-state index in [2.05, 4.69) is 15.5 Å². The lowest BCUT2D eigenvalue weighted by Crippen LogP contribution is -2.19. The molecule has 0 bridgehead atoms. The van der Waals surface area contributed by atoms with E-state index in [1.54, 1.807) is 4.57 Å². The highest BCUT2D eigenvalue weighted by atomic mass is 32.1. The van der Waals surface area contributed by atoms with Crippen LogP contribution in [-0.2, 0) is 11.3 Å². The number of hydrogen-bond acceptors (Lipinski definition) is 4. The maximum atomic E-state index is 12.3. The van der Waals surface area contributed by atoms with Gasteiger partial charge in [-0.25, -0.2) is 0 Å². The van der Waals surface area contributed by atoms with Crippen LogP contribution in [0.25, 0.3) is 11.4 Å². The van der Waals surface area contributed by atoms with Crippen LogP contribution in [0.3, 0.4) is 0 Å². The Morgan fingerprint density at radius 2 is 1.92 bits per heavy atom. The van der Waals surface area contributed by atoms with Crippen molar-refractivity contribution >= 4 is 23.8 Å². The number of anilines is 1. The van der Waals surface area contributed by atoms with Crippen LogP contribution in [-0.4, -0.2) is 27.3 Å². The van der Waals surface area contributed by atoms with Crippen molar-refractivity contribution in [3.8, 4) is 17.1 Å². The molecular weight excluding hydrogens is 336 g/mol. The first kappa shape index (κ1) is 16.9. The fourth-order valence-electron chi connectivity index (χ4n) is 2.42. The monoisotopic (exact) mass is 354 g/mol. The third-order valence-corrected chi connectivity index (χ3v) is 3.85. The molecule has 6 nitrogen and oxygen atoms in total. The molecule has 1 aromatic heterocycles. The lowest BCUT2D eigenvalue weighted by Gasteiger charge is -2.09. The summed E-state index contributed by atoms with van der Waals surface area (Å²) in [4.78, 5) is 12.3. The molecule has 1 heterocycles. The summed E-state index contributed by atoms with van der Waals surface area (Å²) in [7, 11) is 0. The van der Waals surface area contributed by atoms with Crippen LogP contribution in [0.15, 0.2) is 54.6 Å². The summed E-state index contributed by atoms with van der Waals surface area (Å²) in [6.07, 6.45) is 0. The first-order valence-electron chi connectivity index (χ1n) is 7.90. The van der Waals surface area contributed by atoms with E-state index in [4.69, 9.17) is 17.0 Å². The van der Waals surface area contributed by atoms with Crippen molar-refractivity contribution in [3.63, 3.8) is 0 Å². The fourth-order valence-corrected chi connectivity index (χ4v) is 2.61. The van der Waals surface area contributed by atoms with Gasteiger partial charge in [0.05, 0.1) is 6.61 Å². The van der Waals surface area contributed by atoms with Crippen LogP contribution in [0.1, 0.15) is 6.92 Å². The third-order valence-electron chi connectivity index (χ3n) is 3.54. The zero-order chi connectivity index (χ0) is 17.6. The molecule has 0 aliphatic rings. The number of benzene rings is 2. The molecule has 0 saturated heterocycles. The molecule has 0 spiro atoms. The van der Waals surface area contributed by atoms with E-state index >= 15 is 0 Å². The van der Waals surface area contributed by atoms with Crippen molar-refractivity contribution < 1.29 is 9.53 Å². The van der Waals surface area contributed by atoms with E-state index in [-0.39, 0.29) is 12.5 Å². The lowest BCUT2D eigenvalue weighted by molar-refractivity contribution is -0.116. The molecule has 3 aromatic rings. The molecule has 0 atom stereocenters. The first-order valence-corrected chi connectivity index (χ1v) is 8.31. The van der Waals surface area contributed by atoms with Crippen LogP contribution >= 0.6 is 12.2 Å². The van der Waals surface area contributed by atoms with Crippen molar-refractivity contribution in [2.45, 2.75) is 13.5 Å². The predicted molar refractivity (Wildman–Crippen MR) is 99.1 cm³/mol. The highest BCUT2D eigenvalue weighted by Crippen LogP contribution is 2.21. The minimum atomic E-state index is -0.170. The van der Waals surface area contributed by atoms with Gasteiger partial charge in [0.25, 0.3) is 0 Å². The number of H-pyrrole nitrogens is 1. The highest BCUT2D eigenvalue weighted by molar-refractivity contribution is 7.71. The molecule has 0 unspecified atom stereocenters. The number of aromatic nitrogens is 3. The van der Waals surface area contributed by atoms with E-state index in [0.29, 0.717) is 17.2 Å². The standard InChI is InChI=1S/C18H18N4O2S/c1-2-24-15-10-8-13(9-11-15)17-20-21-18(25)22(17)12-16(23)19-14-6-4-3-5-7-14/h3-11H,2,12H2,1H3,(H,19,23)(H,21,25). The molecule has 2 aromatic carbocycles. The number of carbonyl (C=O) groups is 1. The van der Waals surface area contributed by atoms with Gasteiger partial charge in [-0.05, 0) is 55.5 Å². The molecule has 3 rings (SSSR count). The summed E-state index contributed by atoms with van der Waals surface area (Å²) in [6, 6.07) is 16.8. The number of amides is 1. The van der Waals surface area contributed by atoms with Gasteiger partial charge in [-0.1, -0.05) is 18.2 Å². The molecule has 1 amide bonds. The summed E-state index contributed by atoms with van der Waals surface area (Å²) in [5, 5.41) is 9.84. The van der Waals surface area contributed by atoms with Gasteiger partial charge in [-0.2, -0.15) is 5.10 Å². The number of aromatic amines is 1. The van der Waals surface area contributed by atoms with Gasteiger partial charge in [0.2, 0.25) is 5.91 Å². The average Bonchev–Trinajstić information content (AvgIpc) is 2.97. The zero-order valence-corrected chi connectivity index (χ0v) is 14.5. The van der Waals surface area contributed by atoms with Crippen molar-refractivity contribution in [1.29, 1.82) is 0 Å². The second-order valence-electron chi connectivity index (χ2n) is 5.31. The Kier molecular flexibility index (Phi) is 5.25. The summed E-state index contributed by atoms with van der Waals surface area (Å²) in [6.45, 7) is 2.62. The van der Waals surface area contributed by atoms with E-state index < -0.39 is 0 Å². The van der Waals surface area contributed by atoms with E-state index in [1.165, 1.54) is 0 Å². The Labute approximate surface area is 150 Å². The SMILES string of the molecule is CCOc1ccc(-c2n[nH]c(=S)n2CC(=O)Nc2ccccc2)cc1. The lowest BCUT2D eigenvalue weighted by atomic mass is 10.2. The summed E-state index contributed by atoms with van der Waals surface area (Å²) < 4.78 is 7.51. The van der Waals surface area contributed by atoms with Crippen molar-refractivity contribution in [3.05, 3.63) is 59.4 Å². The Morgan fingerprint density at radius 1 is 1.20 bits per heavy atom. The average molecular weight is 354 g/mol. The van der Waals surface area contributed by atoms with Crippen LogP contribution < -0.4 is 10.1 Å². The topological polar surface area (TPSA) is 71.9 Å². The van der Waals surface area contributed by atoms with Crippen molar-refractivity contribution in [2.24, 2.45) is 0 Å². The predicted octanol–water partition coefficient (Wildman–Crippen LogP) is 3.65. The molecule has 0 aliphatic carbocycles. The molecule has 7 heteroatoms. The molecule has 2 N–H and O–H groups in total. The maximum absolute atomic E-state index is 12.3. The number of ether oxygens (including phenoxy) is 1. The smallest absolute Gasteiger partial charge is 0.244 e. The first-order chi connectivity index (χ1) is 12.2. The minimum Gasteiger partial charge on any atom is -0.494 e. The fraction of sp³-hybridized carbons (Fsp3) is 0.167. The molecule has 25 heavy (non-hydrogen) atoms. The summed E-state index contributed by atoms with van der Waals surface area (Å²) >= 11 is 5.26. The number of rotatable bonds is 6. The van der Waals surface area contributed by atoms with E-state index in [1.807, 2.05) is 61.5 Å². The quantitative estimate of drug-likeness (QED) is 0.663. The van der Waals surface area contributed by atoms with Gasteiger partial charge < -0.3 is 10.1 Å². The van der Waals surface area contributed by atoms with Gasteiger partial charge in [-0.15, -0.1) is 0 Å². The van der Waals surface area contributed by atoms with E-state index in [0.717, 1.165) is 17.0 Å². The van der Waals surface area contributed by atoms with Gasteiger partial charge in [0.15, 0.2) is 10.6 Å². The second-order valence-corrected chi connectivity index (χ2v) is 5.70. The van der Waals surface area contributed by atoms with Gasteiger partial charge in [0, 0.05) is 11.3 Å². The van der Waals surface area contributed by atoms with E-state index in [9.17, 15) is 4.79 Å². The molecule has 0 fully saturated rings. The number of carbonyl (C=O) groups excluding carboxylic acids is 1. The van der Waals surface area contributed by atoms with Crippen LogP contribution in [0.4, 0.5) is 5.69 Å². The Bertz CT molecular complexity index is 901. The number of hydrogen-bond donors (Lipinski definition) is 2. The Morgan fingerprint density at radius 3 is 2.60 bits per heavy atom. The summed E-state index contributed by atoms with van der Waals surface area (Å²) in [5.41, 5.74) is 1.59. The Balaban J connectivity index is 1.79. The van der Waals surface area contributed by atoms with Crippen LogP contribution in [0, 0.1) is 4.77 Å². The Hall–Kier alpha value is -2.93. The third kappa shape index (κ3) is 4.13.